The van der Waals surface area contributed by atoms with E-state index < -0.39 is 0 Å². The van der Waals surface area contributed by atoms with Crippen molar-refractivity contribution in [3.8, 4) is 0 Å². The van der Waals surface area contributed by atoms with E-state index in [-0.39, 0.29) is 29.1 Å². The van der Waals surface area contributed by atoms with Crippen molar-refractivity contribution in [1.29, 1.82) is 0 Å². The number of nitrogens with zero attached hydrogens (tertiary/aromatic N) is 2. The molecule has 0 aliphatic carbocycles. The fourth-order valence-electron chi connectivity index (χ4n) is 3.20. The number of benzene rings is 2. The van der Waals surface area contributed by atoms with Crippen LogP contribution >= 0.6 is 0 Å². The number of nitro groups is 1. The quantitative estimate of drug-likeness (QED) is 0.463. The van der Waals surface area contributed by atoms with Crippen LogP contribution in [0.1, 0.15) is 24.0 Å². The number of esters is 1. The minimum Gasteiger partial charge on any atom is -0.461 e. The van der Waals surface area contributed by atoms with Gasteiger partial charge in [0.15, 0.2) is 0 Å². The summed E-state index contributed by atoms with van der Waals surface area (Å²) in [5.74, 6) is -0.341. The smallest absolute Gasteiger partial charge is 0.309 e. The lowest BCUT2D eigenvalue weighted by atomic mass is 9.96. The highest BCUT2D eigenvalue weighted by Crippen LogP contribution is 2.31. The first-order valence-electron chi connectivity index (χ1n) is 8.75. The van der Waals surface area contributed by atoms with E-state index in [4.69, 9.17) is 4.74 Å². The van der Waals surface area contributed by atoms with Gasteiger partial charge in [-0.2, -0.15) is 0 Å². The van der Waals surface area contributed by atoms with Gasteiger partial charge in [0.05, 0.1) is 10.8 Å². The molecule has 3 rings (SSSR count). The van der Waals surface area contributed by atoms with Crippen LogP contribution < -0.4 is 4.90 Å². The zero-order chi connectivity index (χ0) is 18.5. The van der Waals surface area contributed by atoms with Gasteiger partial charge in [-0.3, -0.25) is 14.9 Å². The summed E-state index contributed by atoms with van der Waals surface area (Å²) in [6, 6.07) is 14.6. The molecule has 1 heterocycles. The van der Waals surface area contributed by atoms with Crippen molar-refractivity contribution in [2.24, 2.45) is 5.92 Å². The molecule has 0 atom stereocenters. The molecule has 0 amide bonds. The number of hydrogen-bond acceptors (Lipinski definition) is 5. The van der Waals surface area contributed by atoms with E-state index in [0.29, 0.717) is 31.6 Å². The molecule has 0 unspecified atom stereocenters. The third-order valence-corrected chi connectivity index (χ3v) is 4.75. The van der Waals surface area contributed by atoms with Gasteiger partial charge in [-0.15, -0.1) is 0 Å². The molecule has 26 heavy (non-hydrogen) atoms. The van der Waals surface area contributed by atoms with Crippen LogP contribution in [0.4, 0.5) is 11.4 Å². The number of para-hydroxylation sites is 2. The Morgan fingerprint density at radius 2 is 1.81 bits per heavy atom. The van der Waals surface area contributed by atoms with E-state index in [9.17, 15) is 14.9 Å². The number of piperidine rings is 1. The molecule has 1 fully saturated rings. The molecule has 1 aliphatic heterocycles. The normalized spacial score (nSPS) is 14.9. The van der Waals surface area contributed by atoms with Crippen LogP contribution in [0.3, 0.4) is 0 Å². The zero-order valence-corrected chi connectivity index (χ0v) is 14.8. The van der Waals surface area contributed by atoms with E-state index in [1.54, 1.807) is 18.2 Å². The summed E-state index contributed by atoms with van der Waals surface area (Å²) in [6.07, 6.45) is 1.28. The number of hydrogen-bond donors (Lipinski definition) is 0. The van der Waals surface area contributed by atoms with Crippen LogP contribution in [-0.4, -0.2) is 24.0 Å². The van der Waals surface area contributed by atoms with Crippen LogP contribution in [0.25, 0.3) is 0 Å². The number of rotatable bonds is 5. The number of anilines is 1. The highest BCUT2D eigenvalue weighted by Gasteiger charge is 2.28. The summed E-state index contributed by atoms with van der Waals surface area (Å²) >= 11 is 0. The second-order valence-electron chi connectivity index (χ2n) is 6.60. The van der Waals surface area contributed by atoms with Crippen molar-refractivity contribution in [3.05, 3.63) is 69.8 Å². The van der Waals surface area contributed by atoms with Crippen molar-refractivity contribution >= 4 is 17.3 Å². The summed E-state index contributed by atoms with van der Waals surface area (Å²) in [5, 5.41) is 11.2. The van der Waals surface area contributed by atoms with Crippen molar-refractivity contribution in [2.45, 2.75) is 26.4 Å². The molecular formula is C20H22N2O4. The number of nitro benzene ring substituents is 1. The van der Waals surface area contributed by atoms with Crippen LogP contribution in [0.2, 0.25) is 0 Å². The SMILES string of the molecule is Cc1ccc(COC(=O)C2CCN(c3ccccc3[N+](=O)[O-])CC2)cc1. The average Bonchev–Trinajstić information content (AvgIpc) is 2.67. The van der Waals surface area contributed by atoms with Gasteiger partial charge < -0.3 is 9.64 Å². The minimum atomic E-state index is -0.364. The zero-order valence-electron chi connectivity index (χ0n) is 14.8. The van der Waals surface area contributed by atoms with Gasteiger partial charge in [0.1, 0.15) is 12.3 Å². The lowest BCUT2D eigenvalue weighted by molar-refractivity contribution is -0.384. The largest absolute Gasteiger partial charge is 0.461 e. The Hall–Kier alpha value is -2.89. The summed E-state index contributed by atoms with van der Waals surface area (Å²) in [5.41, 5.74) is 2.86. The fraction of sp³-hybridized carbons (Fsp3) is 0.350. The molecule has 2 aromatic carbocycles. The molecule has 0 spiro atoms. The Balaban J connectivity index is 1.54. The molecule has 0 saturated carbocycles. The minimum absolute atomic E-state index is 0.105. The van der Waals surface area contributed by atoms with Gasteiger partial charge in [0.25, 0.3) is 5.69 Å². The summed E-state index contributed by atoms with van der Waals surface area (Å²) < 4.78 is 5.44. The Morgan fingerprint density at radius 3 is 2.46 bits per heavy atom. The molecule has 0 radical (unpaired) electrons. The topological polar surface area (TPSA) is 72.7 Å². The maximum atomic E-state index is 12.3. The van der Waals surface area contributed by atoms with Gasteiger partial charge in [-0.05, 0) is 31.4 Å². The second kappa shape index (κ2) is 7.99. The van der Waals surface area contributed by atoms with Gasteiger partial charge in [-0.25, -0.2) is 0 Å². The molecule has 1 aliphatic rings. The van der Waals surface area contributed by atoms with Crippen LogP contribution in [0.15, 0.2) is 48.5 Å². The van der Waals surface area contributed by atoms with E-state index in [2.05, 4.69) is 0 Å². The number of ether oxygens (including phenoxy) is 1. The maximum Gasteiger partial charge on any atom is 0.309 e. The summed E-state index contributed by atoms with van der Waals surface area (Å²) in [4.78, 5) is 25.1. The van der Waals surface area contributed by atoms with E-state index in [1.165, 1.54) is 11.6 Å². The molecule has 6 nitrogen and oxygen atoms in total. The standard InChI is InChI=1S/C20H22N2O4/c1-15-6-8-16(9-7-15)14-26-20(23)17-10-12-21(13-11-17)18-4-2-3-5-19(18)22(24)25/h2-9,17H,10-14H2,1H3. The fourth-order valence-corrected chi connectivity index (χ4v) is 3.20. The Bertz CT molecular complexity index is 781. The third kappa shape index (κ3) is 4.20. The highest BCUT2D eigenvalue weighted by atomic mass is 16.6. The van der Waals surface area contributed by atoms with Crippen molar-refractivity contribution in [1.82, 2.24) is 0 Å². The lowest BCUT2D eigenvalue weighted by Gasteiger charge is -2.32. The molecule has 136 valence electrons. The van der Waals surface area contributed by atoms with Gasteiger partial charge in [0, 0.05) is 19.2 Å². The van der Waals surface area contributed by atoms with Crippen molar-refractivity contribution in [3.63, 3.8) is 0 Å². The van der Waals surface area contributed by atoms with Crippen molar-refractivity contribution < 1.29 is 14.5 Å². The monoisotopic (exact) mass is 354 g/mol. The first-order valence-corrected chi connectivity index (χ1v) is 8.75. The molecule has 0 bridgehead atoms. The number of aryl methyl sites for hydroxylation is 1. The molecule has 0 aromatic heterocycles. The van der Waals surface area contributed by atoms with Gasteiger partial charge >= 0.3 is 5.97 Å². The Labute approximate surface area is 152 Å². The molecule has 0 N–H and O–H groups in total. The predicted octanol–water partition coefficient (Wildman–Crippen LogP) is 3.86. The third-order valence-electron chi connectivity index (χ3n) is 4.75. The van der Waals surface area contributed by atoms with E-state index >= 15 is 0 Å². The number of carbonyl (C=O) groups excluding carboxylic acids is 1. The average molecular weight is 354 g/mol. The van der Waals surface area contributed by atoms with Crippen LogP contribution in [-0.2, 0) is 16.1 Å². The van der Waals surface area contributed by atoms with E-state index in [0.717, 1.165) is 5.56 Å². The first kappa shape index (κ1) is 17.9. The molecule has 6 heteroatoms. The molecular weight excluding hydrogens is 332 g/mol. The maximum absolute atomic E-state index is 12.3. The Morgan fingerprint density at radius 1 is 1.15 bits per heavy atom. The van der Waals surface area contributed by atoms with Gasteiger partial charge in [-0.1, -0.05) is 42.0 Å². The second-order valence-corrected chi connectivity index (χ2v) is 6.60. The van der Waals surface area contributed by atoms with Crippen molar-refractivity contribution in [2.75, 3.05) is 18.0 Å². The highest BCUT2D eigenvalue weighted by molar-refractivity contribution is 5.73. The first-order chi connectivity index (χ1) is 12.5. The summed E-state index contributed by atoms with van der Waals surface area (Å²) in [6.45, 7) is 3.51. The molecule has 2 aromatic rings. The van der Waals surface area contributed by atoms with Crippen LogP contribution in [0.5, 0.6) is 0 Å². The number of carbonyl (C=O) groups is 1. The summed E-state index contributed by atoms with van der Waals surface area (Å²) in [7, 11) is 0. The lowest BCUT2D eigenvalue weighted by Crippen LogP contribution is -2.37. The predicted molar refractivity (Wildman–Crippen MR) is 99.0 cm³/mol. The molecule has 1 saturated heterocycles. The van der Waals surface area contributed by atoms with Crippen LogP contribution in [0, 0.1) is 23.0 Å². The Kier molecular flexibility index (Phi) is 5.51. The van der Waals surface area contributed by atoms with E-state index in [1.807, 2.05) is 36.1 Å². The van der Waals surface area contributed by atoms with Gasteiger partial charge in [0.2, 0.25) is 0 Å².